The van der Waals surface area contributed by atoms with E-state index in [-0.39, 0.29) is 0 Å². The molecule has 1 heterocycles. The molecule has 0 saturated carbocycles. The first-order chi connectivity index (χ1) is 6.42. The molecular weight excluding hydrogens is 160 g/mol. The van der Waals surface area contributed by atoms with Crippen LogP contribution in [-0.2, 0) is 0 Å². The third-order valence-corrected chi connectivity index (χ3v) is 2.02. The minimum atomic E-state index is 0.938. The zero-order chi connectivity index (χ0) is 9.10. The highest BCUT2D eigenvalue weighted by Gasteiger charge is 1.97. The lowest BCUT2D eigenvalue weighted by Gasteiger charge is -2.05. The number of nitrogens with zero attached hydrogens (tertiary/aromatic N) is 1. The molecule has 0 amide bonds. The number of hydrogen-bond donors (Lipinski definition) is 1. The van der Waals surface area contributed by atoms with Gasteiger partial charge in [-0.2, -0.15) is 0 Å². The number of nitrogens with one attached hydrogen (secondary N) is 1. The van der Waals surface area contributed by atoms with Crippen LogP contribution in [0.15, 0.2) is 36.5 Å². The standard InChI is InChI=1S/C11H12N2/c1-2-12-11-7-8-13-10-6-4-3-5-9(10)11/h3-8H,2H2,1H3,(H,12,13). The summed E-state index contributed by atoms with van der Waals surface area (Å²) in [6, 6.07) is 10.2. The Morgan fingerprint density at radius 3 is 2.92 bits per heavy atom. The normalized spacial score (nSPS) is 10.2. The van der Waals surface area contributed by atoms with Crippen molar-refractivity contribution in [1.82, 2.24) is 4.98 Å². The molecular formula is C11H12N2. The lowest BCUT2D eigenvalue weighted by atomic mass is 10.2. The topological polar surface area (TPSA) is 24.9 Å². The minimum absolute atomic E-state index is 0.938. The molecule has 2 heteroatoms. The summed E-state index contributed by atoms with van der Waals surface area (Å²) in [6.07, 6.45) is 1.83. The fourth-order valence-corrected chi connectivity index (χ4v) is 1.44. The van der Waals surface area contributed by atoms with E-state index in [1.54, 1.807) is 0 Å². The summed E-state index contributed by atoms with van der Waals surface area (Å²) in [6.45, 7) is 3.03. The van der Waals surface area contributed by atoms with E-state index in [2.05, 4.69) is 23.3 Å². The van der Waals surface area contributed by atoms with E-state index in [0.29, 0.717) is 0 Å². The van der Waals surface area contributed by atoms with Crippen LogP contribution in [0.4, 0.5) is 5.69 Å². The van der Waals surface area contributed by atoms with Crippen LogP contribution in [0.2, 0.25) is 0 Å². The average molecular weight is 172 g/mol. The number of rotatable bonds is 2. The minimum Gasteiger partial charge on any atom is -0.385 e. The van der Waals surface area contributed by atoms with Crippen LogP contribution in [0.3, 0.4) is 0 Å². The van der Waals surface area contributed by atoms with Gasteiger partial charge in [0.15, 0.2) is 0 Å². The van der Waals surface area contributed by atoms with Crippen LogP contribution < -0.4 is 5.32 Å². The fourth-order valence-electron chi connectivity index (χ4n) is 1.44. The van der Waals surface area contributed by atoms with Crippen LogP contribution in [-0.4, -0.2) is 11.5 Å². The number of aromatic nitrogens is 1. The second kappa shape index (κ2) is 3.44. The molecule has 1 aromatic heterocycles. The van der Waals surface area contributed by atoms with Gasteiger partial charge in [0.1, 0.15) is 0 Å². The van der Waals surface area contributed by atoms with Gasteiger partial charge in [0.05, 0.1) is 5.52 Å². The second-order valence-corrected chi connectivity index (χ2v) is 2.91. The SMILES string of the molecule is CCNc1ccnc2ccccc12. The third-order valence-electron chi connectivity index (χ3n) is 2.02. The quantitative estimate of drug-likeness (QED) is 0.753. The molecule has 13 heavy (non-hydrogen) atoms. The molecule has 2 nitrogen and oxygen atoms in total. The maximum Gasteiger partial charge on any atom is 0.0722 e. The zero-order valence-corrected chi connectivity index (χ0v) is 7.62. The predicted octanol–water partition coefficient (Wildman–Crippen LogP) is 2.67. The summed E-state index contributed by atoms with van der Waals surface area (Å²) in [5.74, 6) is 0. The Bertz CT molecular complexity index is 404. The first-order valence-corrected chi connectivity index (χ1v) is 4.49. The zero-order valence-electron chi connectivity index (χ0n) is 7.62. The summed E-state index contributed by atoms with van der Waals surface area (Å²) in [7, 11) is 0. The Morgan fingerprint density at radius 2 is 2.08 bits per heavy atom. The van der Waals surface area contributed by atoms with Crippen LogP contribution in [0.1, 0.15) is 6.92 Å². The van der Waals surface area contributed by atoms with E-state index in [9.17, 15) is 0 Å². The molecule has 2 rings (SSSR count). The molecule has 0 radical (unpaired) electrons. The maximum absolute atomic E-state index is 4.28. The van der Waals surface area contributed by atoms with Crippen LogP contribution in [0.25, 0.3) is 10.9 Å². The number of fused-ring (bicyclic) bond motifs is 1. The van der Waals surface area contributed by atoms with Crippen molar-refractivity contribution in [3.63, 3.8) is 0 Å². The summed E-state index contributed by atoms with van der Waals surface area (Å²) in [5, 5.41) is 4.50. The summed E-state index contributed by atoms with van der Waals surface area (Å²) in [5.41, 5.74) is 2.20. The highest BCUT2D eigenvalue weighted by atomic mass is 14.9. The second-order valence-electron chi connectivity index (χ2n) is 2.91. The van der Waals surface area contributed by atoms with Gasteiger partial charge in [-0.25, -0.2) is 0 Å². The van der Waals surface area contributed by atoms with Crippen molar-refractivity contribution in [1.29, 1.82) is 0 Å². The number of benzene rings is 1. The highest BCUT2D eigenvalue weighted by molar-refractivity contribution is 5.90. The molecule has 1 N–H and O–H groups in total. The van der Waals surface area contributed by atoms with Crippen molar-refractivity contribution in [2.24, 2.45) is 0 Å². The number of para-hydroxylation sites is 1. The van der Waals surface area contributed by atoms with Gasteiger partial charge in [-0.1, -0.05) is 18.2 Å². The van der Waals surface area contributed by atoms with Gasteiger partial charge < -0.3 is 5.32 Å². The molecule has 2 aromatic rings. The lowest BCUT2D eigenvalue weighted by molar-refractivity contribution is 1.21. The van der Waals surface area contributed by atoms with Crippen molar-refractivity contribution >= 4 is 16.6 Å². The summed E-state index contributed by atoms with van der Waals surface area (Å²) in [4.78, 5) is 4.28. The molecule has 0 fully saturated rings. The van der Waals surface area contributed by atoms with E-state index in [0.717, 1.165) is 17.7 Å². The van der Waals surface area contributed by atoms with Gasteiger partial charge in [0.25, 0.3) is 0 Å². The van der Waals surface area contributed by atoms with Crippen molar-refractivity contribution < 1.29 is 0 Å². The monoisotopic (exact) mass is 172 g/mol. The van der Waals surface area contributed by atoms with E-state index in [1.807, 2.05) is 30.5 Å². The Kier molecular flexibility index (Phi) is 2.13. The van der Waals surface area contributed by atoms with Gasteiger partial charge in [-0.15, -0.1) is 0 Å². The molecule has 1 aromatic carbocycles. The summed E-state index contributed by atoms with van der Waals surface area (Å²) < 4.78 is 0. The molecule has 0 saturated heterocycles. The highest BCUT2D eigenvalue weighted by Crippen LogP contribution is 2.20. The number of hydrogen-bond acceptors (Lipinski definition) is 2. The maximum atomic E-state index is 4.28. The Morgan fingerprint density at radius 1 is 1.23 bits per heavy atom. The van der Waals surface area contributed by atoms with Crippen LogP contribution >= 0.6 is 0 Å². The Labute approximate surface area is 77.6 Å². The van der Waals surface area contributed by atoms with Crippen molar-refractivity contribution in [2.75, 3.05) is 11.9 Å². The van der Waals surface area contributed by atoms with Crippen molar-refractivity contribution in [3.05, 3.63) is 36.5 Å². The molecule has 0 atom stereocenters. The van der Waals surface area contributed by atoms with Gasteiger partial charge in [-0.3, -0.25) is 4.98 Å². The molecule has 0 aliphatic rings. The number of pyridine rings is 1. The first-order valence-electron chi connectivity index (χ1n) is 4.49. The van der Waals surface area contributed by atoms with Gasteiger partial charge >= 0.3 is 0 Å². The lowest BCUT2D eigenvalue weighted by Crippen LogP contribution is -1.97. The first kappa shape index (κ1) is 8.05. The molecule has 66 valence electrons. The smallest absolute Gasteiger partial charge is 0.0722 e. The van der Waals surface area contributed by atoms with Gasteiger partial charge in [-0.05, 0) is 19.1 Å². The number of anilines is 1. The molecule has 0 aliphatic carbocycles. The van der Waals surface area contributed by atoms with Gasteiger partial charge in [0, 0.05) is 23.8 Å². The van der Waals surface area contributed by atoms with Crippen molar-refractivity contribution in [2.45, 2.75) is 6.92 Å². The van der Waals surface area contributed by atoms with E-state index >= 15 is 0 Å². The fraction of sp³-hybridized carbons (Fsp3) is 0.182. The molecule has 0 spiro atoms. The largest absolute Gasteiger partial charge is 0.385 e. The molecule has 0 bridgehead atoms. The predicted molar refractivity (Wildman–Crippen MR) is 55.9 cm³/mol. The van der Waals surface area contributed by atoms with Crippen LogP contribution in [0.5, 0.6) is 0 Å². The van der Waals surface area contributed by atoms with E-state index in [1.165, 1.54) is 5.39 Å². The molecule has 0 aliphatic heterocycles. The Balaban J connectivity index is 2.61. The van der Waals surface area contributed by atoms with Crippen molar-refractivity contribution in [3.8, 4) is 0 Å². The third kappa shape index (κ3) is 1.47. The average Bonchev–Trinajstić information content (AvgIpc) is 2.19. The van der Waals surface area contributed by atoms with E-state index < -0.39 is 0 Å². The molecule has 0 unspecified atom stereocenters. The van der Waals surface area contributed by atoms with Crippen LogP contribution in [0, 0.1) is 0 Å². The van der Waals surface area contributed by atoms with E-state index in [4.69, 9.17) is 0 Å². The Hall–Kier alpha value is -1.57. The van der Waals surface area contributed by atoms with Gasteiger partial charge in [0.2, 0.25) is 0 Å². The summed E-state index contributed by atoms with van der Waals surface area (Å²) >= 11 is 0.